The zero-order valence-corrected chi connectivity index (χ0v) is 20.6. The smallest absolute Gasteiger partial charge is 0.135 e. The first kappa shape index (κ1) is 24.7. The Morgan fingerprint density at radius 2 is 1.61 bits per heavy atom. The van der Waals surface area contributed by atoms with Crippen LogP contribution < -0.4 is 14.2 Å². The van der Waals surface area contributed by atoms with Crippen molar-refractivity contribution in [1.82, 2.24) is 0 Å². The number of oxime groups is 1. The number of hydrogen-bond acceptors (Lipinski definition) is 5. The molecule has 2 unspecified atom stereocenters. The van der Waals surface area contributed by atoms with Crippen LogP contribution >= 0.6 is 0 Å². The van der Waals surface area contributed by atoms with Crippen LogP contribution in [0.15, 0.2) is 53.7 Å². The van der Waals surface area contributed by atoms with Crippen molar-refractivity contribution in [2.75, 3.05) is 13.7 Å². The highest BCUT2D eigenvalue weighted by atomic mass is 16.6. The van der Waals surface area contributed by atoms with E-state index < -0.39 is 0 Å². The summed E-state index contributed by atoms with van der Waals surface area (Å²) in [5.41, 5.74) is 4.14. The first-order valence-electron chi connectivity index (χ1n) is 11.9. The molecule has 2 atom stereocenters. The third kappa shape index (κ3) is 6.77. The Morgan fingerprint density at radius 1 is 0.970 bits per heavy atom. The average Bonchev–Trinajstić information content (AvgIpc) is 2.82. The minimum atomic E-state index is 0.0203. The van der Waals surface area contributed by atoms with Gasteiger partial charge in [-0.15, -0.1) is 0 Å². The van der Waals surface area contributed by atoms with E-state index in [-0.39, 0.29) is 12.2 Å². The van der Waals surface area contributed by atoms with Crippen molar-refractivity contribution in [2.24, 2.45) is 5.16 Å². The summed E-state index contributed by atoms with van der Waals surface area (Å²) in [5, 5.41) is 4.10. The molecular weight excluding hydrogens is 414 g/mol. The lowest BCUT2D eigenvalue weighted by molar-refractivity contribution is 0.0224. The molecule has 1 aliphatic carbocycles. The Labute approximate surface area is 198 Å². The maximum absolute atomic E-state index is 6.56. The second kappa shape index (κ2) is 12.3. The molecule has 3 rings (SSSR count). The van der Waals surface area contributed by atoms with Gasteiger partial charge in [0.05, 0.1) is 5.71 Å². The second-order valence-electron chi connectivity index (χ2n) is 8.46. The molecule has 0 saturated heterocycles. The summed E-state index contributed by atoms with van der Waals surface area (Å²) in [6, 6.07) is 12.2. The van der Waals surface area contributed by atoms with Crippen molar-refractivity contribution >= 4 is 5.71 Å². The summed E-state index contributed by atoms with van der Waals surface area (Å²) in [6.07, 6.45) is 9.12. The summed E-state index contributed by atoms with van der Waals surface area (Å²) < 4.78 is 18.8. The van der Waals surface area contributed by atoms with E-state index in [1.807, 2.05) is 43.3 Å². The predicted octanol–water partition coefficient (Wildman–Crippen LogP) is 6.79. The molecule has 33 heavy (non-hydrogen) atoms. The Bertz CT molecular complexity index is 926. The Kier molecular flexibility index (Phi) is 9.23. The maximum Gasteiger partial charge on any atom is 0.135 e. The zero-order chi connectivity index (χ0) is 23.6. The Morgan fingerprint density at radius 3 is 2.18 bits per heavy atom. The summed E-state index contributed by atoms with van der Waals surface area (Å²) in [5.74, 6) is 2.66. The number of hydrogen-bond donors (Lipinski definition) is 0. The molecule has 0 spiro atoms. The fourth-order valence-electron chi connectivity index (χ4n) is 4.24. The topological polar surface area (TPSA) is 49.3 Å². The van der Waals surface area contributed by atoms with Crippen molar-refractivity contribution < 1.29 is 19.0 Å². The SMILES string of the molecule is C/C=C/COc1cc(C)c(OC2CCCCC2Oc2ccc(C(CC)=NOC)cc2)c(C)c1. The third-order valence-electron chi connectivity index (χ3n) is 5.94. The van der Waals surface area contributed by atoms with E-state index >= 15 is 0 Å². The minimum Gasteiger partial charge on any atom is -0.490 e. The Hall–Kier alpha value is -2.95. The largest absolute Gasteiger partial charge is 0.490 e. The van der Waals surface area contributed by atoms with Crippen LogP contribution in [0.1, 0.15) is 62.6 Å². The fraction of sp³-hybridized carbons (Fsp3) is 0.464. The maximum atomic E-state index is 6.56. The van der Waals surface area contributed by atoms with Gasteiger partial charge in [-0.3, -0.25) is 0 Å². The molecule has 1 fully saturated rings. The van der Waals surface area contributed by atoms with E-state index in [9.17, 15) is 0 Å². The van der Waals surface area contributed by atoms with Crippen molar-refractivity contribution in [1.29, 1.82) is 0 Å². The molecule has 0 radical (unpaired) electrons. The lowest BCUT2D eigenvalue weighted by atomic mass is 9.94. The zero-order valence-electron chi connectivity index (χ0n) is 20.6. The number of rotatable bonds is 10. The molecule has 2 aromatic carbocycles. The van der Waals surface area contributed by atoms with Gasteiger partial charge in [0.25, 0.3) is 0 Å². The molecule has 0 N–H and O–H groups in total. The van der Waals surface area contributed by atoms with Gasteiger partial charge in [0.1, 0.15) is 43.2 Å². The first-order chi connectivity index (χ1) is 16.0. The van der Waals surface area contributed by atoms with E-state index in [2.05, 4.69) is 38.1 Å². The fourth-order valence-corrected chi connectivity index (χ4v) is 4.24. The average molecular weight is 452 g/mol. The molecule has 0 amide bonds. The van der Waals surface area contributed by atoms with E-state index in [4.69, 9.17) is 19.0 Å². The molecule has 0 aliphatic heterocycles. The third-order valence-corrected chi connectivity index (χ3v) is 5.94. The van der Waals surface area contributed by atoms with Crippen molar-refractivity contribution in [3.05, 3.63) is 65.2 Å². The first-order valence-corrected chi connectivity index (χ1v) is 11.9. The molecular formula is C28H37NO4. The van der Waals surface area contributed by atoms with Crippen molar-refractivity contribution in [3.8, 4) is 17.2 Å². The highest BCUT2D eigenvalue weighted by molar-refractivity contribution is 6.00. The van der Waals surface area contributed by atoms with Gasteiger partial charge in [0, 0.05) is 0 Å². The molecule has 0 bridgehead atoms. The Balaban J connectivity index is 1.70. The summed E-state index contributed by atoms with van der Waals surface area (Å²) in [7, 11) is 1.57. The van der Waals surface area contributed by atoms with E-state index in [0.717, 1.165) is 71.8 Å². The predicted molar refractivity (Wildman–Crippen MR) is 134 cm³/mol. The molecule has 178 valence electrons. The summed E-state index contributed by atoms with van der Waals surface area (Å²) in [4.78, 5) is 4.95. The normalized spacial score (nSPS) is 18.9. The number of nitrogens with zero attached hydrogens (tertiary/aromatic N) is 1. The van der Waals surface area contributed by atoms with Gasteiger partial charge in [-0.2, -0.15) is 0 Å². The van der Waals surface area contributed by atoms with Crippen LogP contribution in [0, 0.1) is 13.8 Å². The summed E-state index contributed by atoms with van der Waals surface area (Å²) >= 11 is 0. The van der Waals surface area contributed by atoms with Gasteiger partial charge in [-0.25, -0.2) is 0 Å². The number of aryl methyl sites for hydroxylation is 2. The van der Waals surface area contributed by atoms with Crippen molar-refractivity contribution in [3.63, 3.8) is 0 Å². The summed E-state index contributed by atoms with van der Waals surface area (Å²) in [6.45, 7) is 8.79. The van der Waals surface area contributed by atoms with Gasteiger partial charge in [-0.05, 0) is 106 Å². The van der Waals surface area contributed by atoms with Crippen LogP contribution in [0.4, 0.5) is 0 Å². The van der Waals surface area contributed by atoms with Gasteiger partial charge in [0.2, 0.25) is 0 Å². The standard InChI is InChI=1S/C28H37NO4/c1-6-8-17-31-24-18-20(3)28(21(4)19-24)33-27-12-10-9-11-26(27)32-23-15-13-22(14-16-23)25(7-2)29-30-5/h6,8,13-16,18-19,26-27H,7,9-12,17H2,1-5H3/b8-6+,29-25?. The number of allylic oxidation sites excluding steroid dienone is 1. The van der Waals surface area contributed by atoms with Gasteiger partial charge in [0.15, 0.2) is 0 Å². The van der Waals surface area contributed by atoms with Crippen LogP contribution in [0.3, 0.4) is 0 Å². The lowest BCUT2D eigenvalue weighted by Crippen LogP contribution is -2.39. The molecule has 0 heterocycles. The molecule has 0 aromatic heterocycles. The van der Waals surface area contributed by atoms with E-state index in [1.54, 1.807) is 7.11 Å². The molecule has 1 saturated carbocycles. The number of ether oxygens (including phenoxy) is 3. The minimum absolute atomic E-state index is 0.0203. The molecule has 2 aromatic rings. The molecule has 5 heteroatoms. The van der Waals surface area contributed by atoms with Crippen LogP contribution in [0.2, 0.25) is 0 Å². The van der Waals surface area contributed by atoms with Crippen LogP contribution in [-0.2, 0) is 4.84 Å². The highest BCUT2D eigenvalue weighted by Gasteiger charge is 2.29. The number of benzene rings is 2. The van der Waals surface area contributed by atoms with Crippen LogP contribution in [0.25, 0.3) is 0 Å². The van der Waals surface area contributed by atoms with Gasteiger partial charge >= 0.3 is 0 Å². The van der Waals surface area contributed by atoms with Crippen molar-refractivity contribution in [2.45, 2.75) is 72.0 Å². The van der Waals surface area contributed by atoms with Crippen LogP contribution in [-0.4, -0.2) is 31.6 Å². The molecule has 5 nitrogen and oxygen atoms in total. The van der Waals surface area contributed by atoms with Gasteiger partial charge < -0.3 is 19.0 Å². The molecule has 1 aliphatic rings. The van der Waals surface area contributed by atoms with Crippen LogP contribution in [0.5, 0.6) is 17.2 Å². The van der Waals surface area contributed by atoms with E-state index in [0.29, 0.717) is 6.61 Å². The monoisotopic (exact) mass is 451 g/mol. The highest BCUT2D eigenvalue weighted by Crippen LogP contribution is 2.33. The second-order valence-corrected chi connectivity index (χ2v) is 8.46. The quantitative estimate of drug-likeness (QED) is 0.227. The lowest BCUT2D eigenvalue weighted by Gasteiger charge is -2.33. The van der Waals surface area contributed by atoms with Gasteiger partial charge in [-0.1, -0.05) is 24.2 Å². The van der Waals surface area contributed by atoms with E-state index in [1.165, 1.54) is 0 Å².